The normalized spacial score (nSPS) is 11.1. The lowest BCUT2D eigenvalue weighted by molar-refractivity contribution is 0.108. The molecule has 0 radical (unpaired) electrons. The van der Waals surface area contributed by atoms with Gasteiger partial charge in [-0.3, -0.25) is 4.79 Å². The minimum atomic E-state index is -0.391. The standard InChI is InChI=1S/C13H7ClOS/c14-13(15)11-7-8-3-1-2-4-9(8)10-5-6-16-12(10)11/h1-7H. The second-order valence-corrected chi connectivity index (χ2v) is 4.84. The van der Waals surface area contributed by atoms with Crippen LogP contribution in [0.2, 0.25) is 0 Å². The van der Waals surface area contributed by atoms with E-state index < -0.39 is 5.24 Å². The van der Waals surface area contributed by atoms with E-state index in [-0.39, 0.29) is 0 Å². The Morgan fingerprint density at radius 3 is 2.75 bits per heavy atom. The molecule has 3 rings (SSSR count). The minimum absolute atomic E-state index is 0.391. The topological polar surface area (TPSA) is 17.1 Å². The zero-order valence-corrected chi connectivity index (χ0v) is 9.81. The van der Waals surface area contributed by atoms with Gasteiger partial charge in [0.25, 0.3) is 5.24 Å². The van der Waals surface area contributed by atoms with Crippen LogP contribution in [0.25, 0.3) is 20.9 Å². The lowest BCUT2D eigenvalue weighted by Gasteiger charge is -2.03. The number of rotatable bonds is 1. The third-order valence-electron chi connectivity index (χ3n) is 2.67. The summed E-state index contributed by atoms with van der Waals surface area (Å²) < 4.78 is 0.971. The molecule has 0 aliphatic rings. The van der Waals surface area contributed by atoms with Gasteiger partial charge in [-0.1, -0.05) is 24.3 Å². The number of benzene rings is 2. The van der Waals surface area contributed by atoms with Gasteiger partial charge in [-0.15, -0.1) is 11.3 Å². The summed E-state index contributed by atoms with van der Waals surface area (Å²) in [6.45, 7) is 0. The van der Waals surface area contributed by atoms with Gasteiger partial charge in [0.2, 0.25) is 0 Å². The number of thiophene rings is 1. The van der Waals surface area contributed by atoms with E-state index in [1.165, 1.54) is 5.39 Å². The van der Waals surface area contributed by atoms with Crippen LogP contribution in [0.5, 0.6) is 0 Å². The Hall–Kier alpha value is -1.38. The minimum Gasteiger partial charge on any atom is -0.276 e. The van der Waals surface area contributed by atoms with Crippen LogP contribution < -0.4 is 0 Å². The summed E-state index contributed by atoms with van der Waals surface area (Å²) in [6.07, 6.45) is 0. The van der Waals surface area contributed by atoms with Crippen LogP contribution in [0, 0.1) is 0 Å². The van der Waals surface area contributed by atoms with Crippen molar-refractivity contribution in [3.05, 3.63) is 47.3 Å². The average Bonchev–Trinajstić information content (AvgIpc) is 2.76. The maximum atomic E-state index is 11.4. The fraction of sp³-hybridized carbons (Fsp3) is 0. The van der Waals surface area contributed by atoms with Crippen molar-refractivity contribution in [2.45, 2.75) is 0 Å². The average molecular weight is 247 g/mol. The highest BCUT2D eigenvalue weighted by Crippen LogP contribution is 2.33. The van der Waals surface area contributed by atoms with E-state index in [1.807, 2.05) is 35.7 Å². The van der Waals surface area contributed by atoms with Gasteiger partial charge in [-0.25, -0.2) is 0 Å². The molecule has 0 unspecified atom stereocenters. The number of carbonyl (C=O) groups excluding carboxylic acids is 1. The predicted molar refractivity (Wildman–Crippen MR) is 69.5 cm³/mol. The van der Waals surface area contributed by atoms with Crippen molar-refractivity contribution < 1.29 is 4.79 Å². The maximum Gasteiger partial charge on any atom is 0.253 e. The zero-order chi connectivity index (χ0) is 11.1. The molecule has 0 fully saturated rings. The van der Waals surface area contributed by atoms with Gasteiger partial charge in [0, 0.05) is 10.1 Å². The highest BCUT2D eigenvalue weighted by Gasteiger charge is 2.11. The second kappa shape index (κ2) is 3.58. The van der Waals surface area contributed by atoms with Crippen LogP contribution in [0.3, 0.4) is 0 Å². The summed E-state index contributed by atoms with van der Waals surface area (Å²) in [6, 6.07) is 11.9. The fourth-order valence-corrected chi connectivity index (χ4v) is 3.09. The zero-order valence-electron chi connectivity index (χ0n) is 8.24. The van der Waals surface area contributed by atoms with Crippen molar-refractivity contribution in [2.24, 2.45) is 0 Å². The van der Waals surface area contributed by atoms with Crippen LogP contribution in [-0.2, 0) is 0 Å². The Bertz CT molecular complexity index is 699. The van der Waals surface area contributed by atoms with E-state index in [1.54, 1.807) is 11.3 Å². The maximum absolute atomic E-state index is 11.4. The van der Waals surface area contributed by atoms with Crippen molar-refractivity contribution in [1.29, 1.82) is 0 Å². The molecule has 0 aliphatic heterocycles. The largest absolute Gasteiger partial charge is 0.276 e. The van der Waals surface area contributed by atoms with Gasteiger partial charge >= 0.3 is 0 Å². The molecule has 1 heterocycles. The van der Waals surface area contributed by atoms with Crippen LogP contribution in [0.15, 0.2) is 41.8 Å². The van der Waals surface area contributed by atoms with Gasteiger partial charge in [0.05, 0.1) is 5.56 Å². The smallest absolute Gasteiger partial charge is 0.253 e. The van der Waals surface area contributed by atoms with Gasteiger partial charge in [0.1, 0.15) is 0 Å². The molecule has 1 nitrogen and oxygen atoms in total. The number of fused-ring (bicyclic) bond motifs is 3. The summed E-state index contributed by atoms with van der Waals surface area (Å²) in [7, 11) is 0. The Morgan fingerprint density at radius 1 is 1.12 bits per heavy atom. The molecule has 3 heteroatoms. The summed E-state index contributed by atoms with van der Waals surface area (Å²) in [5.74, 6) is 0. The number of halogens is 1. The predicted octanol–water partition coefficient (Wildman–Crippen LogP) is 4.43. The number of hydrogen-bond donors (Lipinski definition) is 0. The second-order valence-electron chi connectivity index (χ2n) is 3.58. The molecule has 0 bridgehead atoms. The first kappa shape index (κ1) is 9.82. The first-order chi connectivity index (χ1) is 7.77. The Balaban J connectivity index is 2.58. The summed E-state index contributed by atoms with van der Waals surface area (Å²) >= 11 is 7.16. The molecule has 78 valence electrons. The fourth-order valence-electron chi connectivity index (χ4n) is 1.97. The van der Waals surface area contributed by atoms with Gasteiger partial charge in [-0.05, 0) is 39.9 Å². The molecule has 0 N–H and O–H groups in total. The van der Waals surface area contributed by atoms with E-state index in [2.05, 4.69) is 6.07 Å². The molecule has 0 amide bonds. The highest BCUT2D eigenvalue weighted by molar-refractivity contribution is 7.18. The van der Waals surface area contributed by atoms with E-state index in [9.17, 15) is 4.79 Å². The molecule has 3 aromatic rings. The van der Waals surface area contributed by atoms with Crippen LogP contribution >= 0.6 is 22.9 Å². The molecular weight excluding hydrogens is 240 g/mol. The van der Waals surface area contributed by atoms with Crippen molar-refractivity contribution in [3.63, 3.8) is 0 Å². The molecule has 2 aromatic carbocycles. The van der Waals surface area contributed by atoms with Crippen molar-refractivity contribution in [1.82, 2.24) is 0 Å². The first-order valence-corrected chi connectivity index (χ1v) is 6.12. The van der Waals surface area contributed by atoms with Crippen molar-refractivity contribution >= 4 is 49.0 Å². The SMILES string of the molecule is O=C(Cl)c1cc2ccccc2c2ccsc12. The first-order valence-electron chi connectivity index (χ1n) is 4.86. The van der Waals surface area contributed by atoms with E-state index in [0.29, 0.717) is 5.56 Å². The molecule has 0 spiro atoms. The number of carbonyl (C=O) groups is 1. The van der Waals surface area contributed by atoms with Crippen molar-refractivity contribution in [3.8, 4) is 0 Å². The van der Waals surface area contributed by atoms with Crippen LogP contribution in [0.4, 0.5) is 0 Å². The summed E-state index contributed by atoms with van der Waals surface area (Å²) in [4.78, 5) is 11.4. The lowest BCUT2D eigenvalue weighted by Crippen LogP contribution is -1.89. The Morgan fingerprint density at radius 2 is 1.94 bits per heavy atom. The van der Waals surface area contributed by atoms with Crippen LogP contribution in [0.1, 0.15) is 10.4 Å². The monoisotopic (exact) mass is 246 g/mol. The van der Waals surface area contributed by atoms with Crippen molar-refractivity contribution in [2.75, 3.05) is 0 Å². The third kappa shape index (κ3) is 1.34. The Labute approximate surface area is 101 Å². The van der Waals surface area contributed by atoms with Gasteiger partial charge in [0.15, 0.2) is 0 Å². The molecule has 0 saturated heterocycles. The Kier molecular flexibility index (Phi) is 2.20. The van der Waals surface area contributed by atoms with E-state index in [0.717, 1.165) is 15.5 Å². The third-order valence-corrected chi connectivity index (χ3v) is 3.82. The lowest BCUT2D eigenvalue weighted by atomic mass is 10.0. The molecular formula is C13H7ClOS. The number of hydrogen-bond acceptors (Lipinski definition) is 2. The summed E-state index contributed by atoms with van der Waals surface area (Å²) in [5, 5.41) is 4.92. The highest BCUT2D eigenvalue weighted by atomic mass is 35.5. The van der Waals surface area contributed by atoms with Gasteiger partial charge in [-0.2, -0.15) is 0 Å². The summed E-state index contributed by atoms with van der Waals surface area (Å²) in [5.41, 5.74) is 0.602. The molecule has 16 heavy (non-hydrogen) atoms. The molecule has 0 atom stereocenters. The quantitative estimate of drug-likeness (QED) is 0.581. The van der Waals surface area contributed by atoms with E-state index in [4.69, 9.17) is 11.6 Å². The van der Waals surface area contributed by atoms with Crippen LogP contribution in [-0.4, -0.2) is 5.24 Å². The molecule has 0 saturated carbocycles. The molecule has 1 aromatic heterocycles. The van der Waals surface area contributed by atoms with Gasteiger partial charge < -0.3 is 0 Å². The molecule has 0 aliphatic carbocycles. The van der Waals surface area contributed by atoms with E-state index >= 15 is 0 Å².